The fourth-order valence-electron chi connectivity index (χ4n) is 2.83. The van der Waals surface area contributed by atoms with Crippen molar-refractivity contribution in [1.29, 1.82) is 0 Å². The van der Waals surface area contributed by atoms with Gasteiger partial charge in [0.15, 0.2) is 6.61 Å². The second-order valence-electron chi connectivity index (χ2n) is 5.95. The Morgan fingerprint density at radius 2 is 2.09 bits per heavy atom. The summed E-state index contributed by atoms with van der Waals surface area (Å²) >= 11 is 0. The highest BCUT2D eigenvalue weighted by Crippen LogP contribution is 2.24. The van der Waals surface area contributed by atoms with E-state index in [-0.39, 0.29) is 31.1 Å². The van der Waals surface area contributed by atoms with E-state index in [0.29, 0.717) is 18.7 Å². The average Bonchev–Trinajstić information content (AvgIpc) is 2.90. The largest absolute Gasteiger partial charge is 0.483 e. The molecule has 2 atom stereocenters. The van der Waals surface area contributed by atoms with E-state index < -0.39 is 5.97 Å². The van der Waals surface area contributed by atoms with Gasteiger partial charge in [-0.05, 0) is 37.5 Å². The molecule has 0 bridgehead atoms. The lowest BCUT2D eigenvalue weighted by atomic mass is 10.1. The smallest absolute Gasteiger partial charge is 0.305 e. The van der Waals surface area contributed by atoms with Crippen LogP contribution in [0.1, 0.15) is 24.0 Å². The summed E-state index contributed by atoms with van der Waals surface area (Å²) in [5.41, 5.74) is 2.02. The van der Waals surface area contributed by atoms with Gasteiger partial charge in [-0.15, -0.1) is 0 Å². The molecule has 2 rings (SSSR count). The van der Waals surface area contributed by atoms with Gasteiger partial charge in [0, 0.05) is 19.7 Å². The molecular formula is C17H23NO5. The average molecular weight is 321 g/mol. The van der Waals surface area contributed by atoms with Crippen LogP contribution in [0.25, 0.3) is 0 Å². The van der Waals surface area contributed by atoms with Gasteiger partial charge in [-0.1, -0.05) is 12.1 Å². The van der Waals surface area contributed by atoms with E-state index >= 15 is 0 Å². The second kappa shape index (κ2) is 7.46. The van der Waals surface area contributed by atoms with Gasteiger partial charge in [-0.25, -0.2) is 0 Å². The second-order valence-corrected chi connectivity index (χ2v) is 5.95. The van der Waals surface area contributed by atoms with E-state index in [1.165, 1.54) is 0 Å². The Morgan fingerprint density at radius 1 is 1.35 bits per heavy atom. The lowest BCUT2D eigenvalue weighted by molar-refractivity contribution is -0.140. The molecule has 0 spiro atoms. The summed E-state index contributed by atoms with van der Waals surface area (Å²) in [5.74, 6) is -0.452. The molecule has 0 radical (unpaired) electrons. The number of hydrogen-bond acceptors (Lipinski definition) is 4. The van der Waals surface area contributed by atoms with Crippen molar-refractivity contribution >= 4 is 11.9 Å². The molecule has 1 aliphatic heterocycles. The molecule has 2 unspecified atom stereocenters. The van der Waals surface area contributed by atoms with Gasteiger partial charge < -0.3 is 19.5 Å². The number of likely N-dealkylation sites (tertiary alicyclic amines) is 1. The predicted molar refractivity (Wildman–Crippen MR) is 84.6 cm³/mol. The zero-order valence-electron chi connectivity index (χ0n) is 13.7. The van der Waals surface area contributed by atoms with Gasteiger partial charge >= 0.3 is 5.97 Å². The number of carbonyl (C=O) groups excluding carboxylic acids is 1. The monoisotopic (exact) mass is 321 g/mol. The summed E-state index contributed by atoms with van der Waals surface area (Å²) in [6.07, 6.45) is 0.344. The summed E-state index contributed by atoms with van der Waals surface area (Å²) < 4.78 is 10.9. The van der Waals surface area contributed by atoms with Crippen LogP contribution in [0.5, 0.6) is 5.75 Å². The predicted octanol–water partition coefficient (Wildman–Crippen LogP) is 1.77. The normalized spacial score (nSPS) is 20.6. The Bertz CT molecular complexity index is 586. The number of nitrogens with zero attached hydrogens (tertiary/aromatic N) is 1. The third kappa shape index (κ3) is 4.45. The highest BCUT2D eigenvalue weighted by molar-refractivity contribution is 5.79. The maximum Gasteiger partial charge on any atom is 0.305 e. The van der Waals surface area contributed by atoms with Gasteiger partial charge in [-0.2, -0.15) is 0 Å². The topological polar surface area (TPSA) is 76.1 Å². The number of benzene rings is 1. The van der Waals surface area contributed by atoms with Gasteiger partial charge in [0.2, 0.25) is 0 Å². The van der Waals surface area contributed by atoms with Crippen molar-refractivity contribution < 1.29 is 24.2 Å². The Morgan fingerprint density at radius 3 is 2.74 bits per heavy atom. The van der Waals surface area contributed by atoms with Crippen molar-refractivity contribution in [2.75, 3.05) is 20.3 Å². The van der Waals surface area contributed by atoms with Crippen LogP contribution in [-0.4, -0.2) is 54.3 Å². The zero-order valence-corrected chi connectivity index (χ0v) is 13.7. The number of rotatable bonds is 6. The molecule has 1 fully saturated rings. The minimum absolute atomic E-state index is 0.0743. The van der Waals surface area contributed by atoms with Crippen LogP contribution in [0, 0.1) is 13.8 Å². The van der Waals surface area contributed by atoms with Crippen LogP contribution >= 0.6 is 0 Å². The zero-order chi connectivity index (χ0) is 17.0. The molecule has 6 nitrogen and oxygen atoms in total. The van der Waals surface area contributed by atoms with Gasteiger partial charge in [0.1, 0.15) is 5.75 Å². The first kappa shape index (κ1) is 17.3. The number of carboxylic acids is 1. The first-order chi connectivity index (χ1) is 10.9. The molecule has 1 heterocycles. The first-order valence-electron chi connectivity index (χ1n) is 7.64. The number of amides is 1. The summed E-state index contributed by atoms with van der Waals surface area (Å²) in [4.78, 5) is 25.0. The molecule has 1 N–H and O–H groups in total. The van der Waals surface area contributed by atoms with E-state index in [1.807, 2.05) is 32.0 Å². The molecule has 1 aromatic carbocycles. The van der Waals surface area contributed by atoms with E-state index in [1.54, 1.807) is 12.0 Å². The molecule has 0 aromatic heterocycles. The van der Waals surface area contributed by atoms with Gasteiger partial charge in [0.05, 0.1) is 12.5 Å². The third-order valence-electron chi connectivity index (χ3n) is 4.13. The Balaban J connectivity index is 2.00. The number of aliphatic carboxylic acids is 1. The van der Waals surface area contributed by atoms with Crippen molar-refractivity contribution in [2.45, 2.75) is 38.8 Å². The van der Waals surface area contributed by atoms with Gasteiger partial charge in [0.25, 0.3) is 5.91 Å². The lowest BCUT2D eigenvalue weighted by Gasteiger charge is -2.23. The van der Waals surface area contributed by atoms with Crippen LogP contribution in [-0.2, 0) is 14.3 Å². The molecule has 23 heavy (non-hydrogen) atoms. The van der Waals surface area contributed by atoms with Crippen molar-refractivity contribution in [3.05, 3.63) is 29.3 Å². The summed E-state index contributed by atoms with van der Waals surface area (Å²) in [7, 11) is 1.57. The summed E-state index contributed by atoms with van der Waals surface area (Å²) in [6.45, 7) is 4.18. The molecular weight excluding hydrogens is 298 g/mol. The first-order valence-corrected chi connectivity index (χ1v) is 7.64. The maximum absolute atomic E-state index is 12.4. The van der Waals surface area contributed by atoms with Crippen LogP contribution < -0.4 is 4.74 Å². The van der Waals surface area contributed by atoms with Crippen LogP contribution in [0.4, 0.5) is 0 Å². The third-order valence-corrected chi connectivity index (χ3v) is 4.13. The highest BCUT2D eigenvalue weighted by Gasteiger charge is 2.36. The Kier molecular flexibility index (Phi) is 5.60. The van der Waals surface area contributed by atoms with E-state index in [0.717, 1.165) is 11.1 Å². The number of hydrogen-bond donors (Lipinski definition) is 1. The van der Waals surface area contributed by atoms with Crippen molar-refractivity contribution in [3.63, 3.8) is 0 Å². The molecule has 6 heteroatoms. The van der Waals surface area contributed by atoms with Crippen molar-refractivity contribution in [2.24, 2.45) is 0 Å². The van der Waals surface area contributed by atoms with Crippen LogP contribution in [0.15, 0.2) is 18.2 Å². The minimum Gasteiger partial charge on any atom is -0.483 e. The molecule has 126 valence electrons. The molecule has 1 saturated heterocycles. The highest BCUT2D eigenvalue weighted by atomic mass is 16.5. The Hall–Kier alpha value is -2.08. The lowest BCUT2D eigenvalue weighted by Crippen LogP contribution is -2.40. The van der Waals surface area contributed by atoms with Gasteiger partial charge in [-0.3, -0.25) is 9.59 Å². The molecule has 1 aromatic rings. The molecule has 0 aliphatic carbocycles. The van der Waals surface area contributed by atoms with E-state index in [4.69, 9.17) is 14.6 Å². The molecule has 1 amide bonds. The van der Waals surface area contributed by atoms with Crippen LogP contribution in [0.3, 0.4) is 0 Å². The Labute approximate surface area is 136 Å². The number of ether oxygens (including phenoxy) is 2. The molecule has 1 aliphatic rings. The maximum atomic E-state index is 12.4. The number of methoxy groups -OCH3 is 1. The fraction of sp³-hybridized carbons (Fsp3) is 0.529. The SMILES string of the molecule is COC1CC(CC(=O)O)N(C(=O)COc2cc(C)ccc2C)C1. The van der Waals surface area contributed by atoms with E-state index in [9.17, 15) is 9.59 Å². The number of carboxylic acid groups (broad SMARTS) is 1. The summed E-state index contributed by atoms with van der Waals surface area (Å²) in [6, 6.07) is 5.47. The van der Waals surface area contributed by atoms with Crippen LogP contribution in [0.2, 0.25) is 0 Å². The fourth-order valence-corrected chi connectivity index (χ4v) is 2.83. The molecule has 0 saturated carbocycles. The quantitative estimate of drug-likeness (QED) is 0.864. The van der Waals surface area contributed by atoms with E-state index in [2.05, 4.69) is 0 Å². The minimum atomic E-state index is -0.917. The van der Waals surface area contributed by atoms with Crippen molar-refractivity contribution in [1.82, 2.24) is 4.90 Å². The standard InChI is InChI=1S/C17H23NO5/c1-11-4-5-12(2)15(6-11)23-10-16(19)18-9-14(22-3)7-13(18)8-17(20)21/h4-6,13-14H,7-10H2,1-3H3,(H,20,21). The van der Waals surface area contributed by atoms with Crippen molar-refractivity contribution in [3.8, 4) is 5.75 Å². The summed E-state index contributed by atoms with van der Waals surface area (Å²) in [5, 5.41) is 9.00. The number of aryl methyl sites for hydroxylation is 2. The number of carbonyl (C=O) groups is 2.